The van der Waals surface area contributed by atoms with Crippen molar-refractivity contribution in [3.05, 3.63) is 60.3 Å². The predicted molar refractivity (Wildman–Crippen MR) is 105 cm³/mol. The van der Waals surface area contributed by atoms with Gasteiger partial charge in [0.25, 0.3) is 5.89 Å². The van der Waals surface area contributed by atoms with E-state index in [1.807, 2.05) is 10.8 Å². The Hall–Kier alpha value is -3.14. The molecule has 0 aliphatic rings. The molecule has 0 aromatic carbocycles. The van der Waals surface area contributed by atoms with Crippen molar-refractivity contribution in [3.63, 3.8) is 0 Å². The molecule has 9 nitrogen and oxygen atoms in total. The number of nitrogens with one attached hydrogen (secondary N) is 1. The molecule has 0 atom stereocenters. The fraction of sp³-hybridized carbons (Fsp3) is 0.278. The van der Waals surface area contributed by atoms with E-state index in [1.165, 1.54) is 11.8 Å². The van der Waals surface area contributed by atoms with E-state index in [0.29, 0.717) is 22.9 Å². The van der Waals surface area contributed by atoms with E-state index in [4.69, 9.17) is 4.42 Å². The van der Waals surface area contributed by atoms with Crippen molar-refractivity contribution in [1.29, 1.82) is 0 Å². The first-order valence-electron chi connectivity index (χ1n) is 8.67. The van der Waals surface area contributed by atoms with Crippen molar-refractivity contribution in [2.75, 3.05) is 12.3 Å². The van der Waals surface area contributed by atoms with Crippen LogP contribution in [0.5, 0.6) is 0 Å². The van der Waals surface area contributed by atoms with Crippen LogP contribution in [0, 0.1) is 0 Å². The van der Waals surface area contributed by atoms with E-state index in [0.717, 1.165) is 17.6 Å². The molecule has 0 saturated carbocycles. The Morgan fingerprint density at radius 2 is 2.29 bits per heavy atom. The van der Waals surface area contributed by atoms with Gasteiger partial charge in [-0.3, -0.25) is 4.79 Å². The number of thioether (sulfide) groups is 1. The maximum Gasteiger partial charge on any atom is 0.437 e. The molecule has 0 fully saturated rings. The molecule has 146 valence electrons. The van der Waals surface area contributed by atoms with Crippen LogP contribution in [0.2, 0.25) is 0 Å². The largest absolute Gasteiger partial charge is 0.437 e. The van der Waals surface area contributed by atoms with Crippen LogP contribution in [0.3, 0.4) is 0 Å². The maximum absolute atomic E-state index is 12.1. The van der Waals surface area contributed by atoms with Gasteiger partial charge in [-0.05, 0) is 18.6 Å². The van der Waals surface area contributed by atoms with Gasteiger partial charge in [0.05, 0.1) is 11.9 Å². The number of nitrogens with zero attached hydrogens (tertiary/aromatic N) is 5. The fourth-order valence-corrected chi connectivity index (χ4v) is 3.14. The standard InChI is InChI=1S/C18H20N6O3S/c1-2-11-28-17-14(5-3-6-21-17)16-22-24(18(26)27-16)12-15(25)20-7-4-9-23-10-8-19-13-23/h2-3,5-6,8,10,13H,1,4,7,9,11-12H2,(H,20,25). The van der Waals surface area contributed by atoms with E-state index in [2.05, 4.69) is 27.0 Å². The van der Waals surface area contributed by atoms with Gasteiger partial charge in [-0.2, -0.15) is 4.68 Å². The van der Waals surface area contributed by atoms with Gasteiger partial charge in [0, 0.05) is 37.4 Å². The Morgan fingerprint density at radius 3 is 3.07 bits per heavy atom. The first kappa shape index (κ1) is 19.6. The van der Waals surface area contributed by atoms with Gasteiger partial charge in [0.1, 0.15) is 11.6 Å². The Kier molecular flexibility index (Phi) is 6.79. The van der Waals surface area contributed by atoms with E-state index >= 15 is 0 Å². The number of pyridine rings is 1. The zero-order valence-corrected chi connectivity index (χ0v) is 16.0. The number of hydrogen-bond donors (Lipinski definition) is 1. The monoisotopic (exact) mass is 400 g/mol. The summed E-state index contributed by atoms with van der Waals surface area (Å²) in [5, 5.41) is 7.59. The Labute approximate surface area is 165 Å². The first-order valence-corrected chi connectivity index (χ1v) is 9.65. The molecule has 3 heterocycles. The molecule has 3 rings (SSSR count). The highest BCUT2D eigenvalue weighted by atomic mass is 32.2. The molecule has 0 radical (unpaired) electrons. The van der Waals surface area contributed by atoms with Crippen LogP contribution >= 0.6 is 11.8 Å². The highest BCUT2D eigenvalue weighted by molar-refractivity contribution is 7.99. The summed E-state index contributed by atoms with van der Waals surface area (Å²) in [6.07, 6.45) is 9.45. The molecule has 0 unspecified atom stereocenters. The summed E-state index contributed by atoms with van der Waals surface area (Å²) >= 11 is 1.46. The van der Waals surface area contributed by atoms with Gasteiger partial charge >= 0.3 is 5.76 Å². The summed E-state index contributed by atoms with van der Waals surface area (Å²) < 4.78 is 8.16. The number of rotatable bonds is 10. The minimum absolute atomic E-state index is 0.137. The lowest BCUT2D eigenvalue weighted by molar-refractivity contribution is -0.121. The number of aryl methyl sites for hydroxylation is 1. The minimum Gasteiger partial charge on any atom is -0.387 e. The van der Waals surface area contributed by atoms with Gasteiger partial charge in [0.15, 0.2) is 0 Å². The number of carbonyl (C=O) groups is 1. The molecular formula is C18H20N6O3S. The third-order valence-electron chi connectivity index (χ3n) is 3.71. The number of hydrogen-bond acceptors (Lipinski definition) is 7. The lowest BCUT2D eigenvalue weighted by atomic mass is 10.3. The Balaban J connectivity index is 1.59. The van der Waals surface area contributed by atoms with Crippen LogP contribution in [0.15, 0.2) is 63.9 Å². The molecule has 10 heteroatoms. The minimum atomic E-state index is -0.688. The third-order valence-corrected chi connectivity index (χ3v) is 4.71. The molecular weight excluding hydrogens is 380 g/mol. The molecule has 0 saturated heterocycles. The highest BCUT2D eigenvalue weighted by Crippen LogP contribution is 2.27. The number of amides is 1. The van der Waals surface area contributed by atoms with Crippen LogP contribution in [-0.4, -0.2) is 42.5 Å². The normalized spacial score (nSPS) is 10.7. The van der Waals surface area contributed by atoms with E-state index < -0.39 is 5.76 Å². The topological polar surface area (TPSA) is 108 Å². The SMILES string of the molecule is C=CCSc1ncccc1-c1nn(CC(=O)NCCCn2ccnc2)c(=O)o1. The van der Waals surface area contributed by atoms with E-state index in [-0.39, 0.29) is 18.3 Å². The van der Waals surface area contributed by atoms with E-state index in [9.17, 15) is 9.59 Å². The molecule has 0 aliphatic heterocycles. The van der Waals surface area contributed by atoms with E-state index in [1.54, 1.807) is 36.9 Å². The zero-order chi connectivity index (χ0) is 19.8. The van der Waals surface area contributed by atoms with Gasteiger partial charge in [0.2, 0.25) is 5.91 Å². The quantitative estimate of drug-likeness (QED) is 0.313. The lowest BCUT2D eigenvalue weighted by Gasteiger charge is -2.05. The molecule has 0 spiro atoms. The van der Waals surface area contributed by atoms with Crippen molar-refractivity contribution in [1.82, 2.24) is 29.6 Å². The van der Waals surface area contributed by atoms with Crippen molar-refractivity contribution in [2.24, 2.45) is 0 Å². The lowest BCUT2D eigenvalue weighted by Crippen LogP contribution is -2.32. The number of imidazole rings is 1. The second kappa shape index (κ2) is 9.70. The summed E-state index contributed by atoms with van der Waals surface area (Å²) in [7, 11) is 0. The fourth-order valence-electron chi connectivity index (χ4n) is 2.42. The maximum atomic E-state index is 12.1. The van der Waals surface area contributed by atoms with Gasteiger partial charge < -0.3 is 14.3 Å². The smallest absolute Gasteiger partial charge is 0.387 e. The summed E-state index contributed by atoms with van der Waals surface area (Å²) in [6.45, 7) is 4.72. The molecule has 1 amide bonds. The molecule has 0 aliphatic carbocycles. The molecule has 3 aromatic heterocycles. The summed E-state index contributed by atoms with van der Waals surface area (Å²) in [5.41, 5.74) is 0.603. The zero-order valence-electron chi connectivity index (χ0n) is 15.2. The average molecular weight is 400 g/mol. The van der Waals surface area contributed by atoms with Crippen LogP contribution < -0.4 is 11.1 Å². The van der Waals surface area contributed by atoms with Crippen LogP contribution in [0.25, 0.3) is 11.5 Å². The molecule has 0 bridgehead atoms. The summed E-state index contributed by atoms with van der Waals surface area (Å²) in [6, 6.07) is 3.50. The second-order valence-electron chi connectivity index (χ2n) is 5.79. The van der Waals surface area contributed by atoms with Crippen molar-refractivity contribution >= 4 is 17.7 Å². The van der Waals surface area contributed by atoms with Crippen LogP contribution in [0.1, 0.15) is 6.42 Å². The average Bonchev–Trinajstić information content (AvgIpc) is 3.34. The van der Waals surface area contributed by atoms with Crippen LogP contribution in [-0.2, 0) is 17.9 Å². The van der Waals surface area contributed by atoms with Gasteiger partial charge in [-0.25, -0.2) is 14.8 Å². The summed E-state index contributed by atoms with van der Waals surface area (Å²) in [5.74, 6) is -0.194. The summed E-state index contributed by atoms with van der Waals surface area (Å²) in [4.78, 5) is 32.4. The number of aromatic nitrogens is 5. The highest BCUT2D eigenvalue weighted by Gasteiger charge is 2.16. The van der Waals surface area contributed by atoms with Crippen molar-refractivity contribution < 1.29 is 9.21 Å². The second-order valence-corrected chi connectivity index (χ2v) is 6.80. The number of carbonyl (C=O) groups excluding carboxylic acids is 1. The third kappa shape index (κ3) is 5.19. The van der Waals surface area contributed by atoms with Crippen molar-refractivity contribution in [2.45, 2.75) is 24.5 Å². The Bertz CT molecular complexity index is 979. The molecule has 1 N–H and O–H groups in total. The molecule has 3 aromatic rings. The predicted octanol–water partition coefficient (Wildman–Crippen LogP) is 1.58. The molecule has 28 heavy (non-hydrogen) atoms. The van der Waals surface area contributed by atoms with Gasteiger partial charge in [-0.1, -0.05) is 6.08 Å². The van der Waals surface area contributed by atoms with Crippen LogP contribution in [0.4, 0.5) is 0 Å². The first-order chi connectivity index (χ1) is 13.7. The van der Waals surface area contributed by atoms with Crippen molar-refractivity contribution in [3.8, 4) is 11.5 Å². The Morgan fingerprint density at radius 1 is 1.39 bits per heavy atom. The van der Waals surface area contributed by atoms with Gasteiger partial charge in [-0.15, -0.1) is 23.4 Å².